The fourth-order valence-electron chi connectivity index (χ4n) is 1.98. The van der Waals surface area contributed by atoms with Crippen molar-refractivity contribution in [2.75, 3.05) is 17.7 Å². The van der Waals surface area contributed by atoms with Crippen LogP contribution >= 0.6 is 15.9 Å². The molecule has 2 nitrogen and oxygen atoms in total. The molecule has 2 N–H and O–H groups in total. The Morgan fingerprint density at radius 2 is 1.71 bits per heavy atom. The van der Waals surface area contributed by atoms with E-state index in [1.165, 1.54) is 6.07 Å². The van der Waals surface area contributed by atoms with Crippen molar-refractivity contribution in [2.45, 2.75) is 12.7 Å². The molecule has 0 aliphatic carbocycles. The monoisotopic (exact) mass is 358 g/mol. The van der Waals surface area contributed by atoms with Crippen LogP contribution in [-0.4, -0.2) is 7.05 Å². The van der Waals surface area contributed by atoms with E-state index in [4.69, 9.17) is 5.73 Å². The van der Waals surface area contributed by atoms with Crippen LogP contribution in [0.25, 0.3) is 0 Å². The maximum absolute atomic E-state index is 12.9. The predicted molar refractivity (Wildman–Crippen MR) is 82.1 cm³/mol. The van der Waals surface area contributed by atoms with Crippen LogP contribution in [0.15, 0.2) is 46.9 Å². The third kappa shape index (κ3) is 3.91. The Kier molecular flexibility index (Phi) is 4.46. The van der Waals surface area contributed by atoms with Gasteiger partial charge in [0.25, 0.3) is 0 Å². The van der Waals surface area contributed by atoms with E-state index in [1.54, 1.807) is 18.0 Å². The summed E-state index contributed by atoms with van der Waals surface area (Å²) in [5.41, 5.74) is 5.81. The molecule has 0 spiro atoms. The van der Waals surface area contributed by atoms with Crippen molar-refractivity contribution in [1.82, 2.24) is 0 Å². The maximum Gasteiger partial charge on any atom is 0.418 e. The van der Waals surface area contributed by atoms with Gasteiger partial charge in [-0.05, 0) is 35.9 Å². The van der Waals surface area contributed by atoms with Gasteiger partial charge in [0.05, 0.1) is 5.56 Å². The molecule has 0 radical (unpaired) electrons. The number of nitrogens with two attached hydrogens (primary N) is 1. The first-order chi connectivity index (χ1) is 9.77. The highest BCUT2D eigenvalue weighted by Crippen LogP contribution is 2.36. The molecule has 2 aromatic carbocycles. The molecule has 0 saturated heterocycles. The van der Waals surface area contributed by atoms with Gasteiger partial charge in [0.15, 0.2) is 0 Å². The van der Waals surface area contributed by atoms with Crippen LogP contribution in [0.3, 0.4) is 0 Å². The summed E-state index contributed by atoms with van der Waals surface area (Å²) >= 11 is 3.34. The predicted octanol–water partition coefficient (Wildman–Crippen LogP) is 4.69. The molecule has 21 heavy (non-hydrogen) atoms. The number of hydrogen-bond acceptors (Lipinski definition) is 2. The van der Waals surface area contributed by atoms with Crippen LogP contribution in [0.4, 0.5) is 24.5 Å². The van der Waals surface area contributed by atoms with E-state index in [1.807, 2.05) is 24.3 Å². The Balaban J connectivity index is 2.23. The molecule has 2 aromatic rings. The second kappa shape index (κ2) is 5.97. The molecule has 0 fully saturated rings. The Morgan fingerprint density at radius 1 is 1.10 bits per heavy atom. The van der Waals surface area contributed by atoms with Gasteiger partial charge in [0.1, 0.15) is 0 Å². The Bertz CT molecular complexity index is 624. The van der Waals surface area contributed by atoms with Crippen molar-refractivity contribution in [3.05, 3.63) is 58.1 Å². The first-order valence-corrected chi connectivity index (χ1v) is 6.99. The molecule has 0 aromatic heterocycles. The number of benzene rings is 2. The van der Waals surface area contributed by atoms with Crippen molar-refractivity contribution in [3.63, 3.8) is 0 Å². The van der Waals surface area contributed by atoms with Gasteiger partial charge >= 0.3 is 6.18 Å². The summed E-state index contributed by atoms with van der Waals surface area (Å²) in [7, 11) is 1.74. The van der Waals surface area contributed by atoms with Gasteiger partial charge in [-0.2, -0.15) is 13.2 Å². The lowest BCUT2D eigenvalue weighted by Gasteiger charge is -2.21. The lowest BCUT2D eigenvalue weighted by atomic mass is 10.1. The van der Waals surface area contributed by atoms with Crippen molar-refractivity contribution in [3.8, 4) is 0 Å². The van der Waals surface area contributed by atoms with E-state index in [0.717, 1.165) is 16.1 Å². The van der Waals surface area contributed by atoms with Crippen molar-refractivity contribution in [1.29, 1.82) is 0 Å². The van der Waals surface area contributed by atoms with E-state index >= 15 is 0 Å². The van der Waals surface area contributed by atoms with Gasteiger partial charge in [0, 0.05) is 29.4 Å². The third-order valence-electron chi connectivity index (χ3n) is 3.12. The molecule has 2 rings (SSSR count). The highest BCUT2D eigenvalue weighted by Gasteiger charge is 2.33. The second-order valence-corrected chi connectivity index (χ2v) is 5.67. The van der Waals surface area contributed by atoms with Crippen LogP contribution in [0, 0.1) is 0 Å². The minimum Gasteiger partial charge on any atom is -0.398 e. The molecule has 0 amide bonds. The SMILES string of the molecule is CN(Cc1ccc(Br)cc1)c1ccc(N)c(C(F)(F)F)c1. The normalized spacial score (nSPS) is 11.5. The molecule has 6 heteroatoms. The number of halogens is 4. The van der Waals surface area contributed by atoms with Crippen LogP contribution < -0.4 is 10.6 Å². The number of alkyl halides is 3. The number of hydrogen-bond donors (Lipinski definition) is 1. The average Bonchev–Trinajstić information content (AvgIpc) is 2.40. The van der Waals surface area contributed by atoms with Crippen molar-refractivity contribution in [2.24, 2.45) is 0 Å². The lowest BCUT2D eigenvalue weighted by Crippen LogP contribution is -2.18. The third-order valence-corrected chi connectivity index (χ3v) is 3.64. The van der Waals surface area contributed by atoms with Crippen molar-refractivity contribution < 1.29 is 13.2 Å². The number of nitrogen functional groups attached to an aromatic ring is 1. The molecular weight excluding hydrogens is 345 g/mol. The Hall–Kier alpha value is -1.69. The van der Waals surface area contributed by atoms with Gasteiger partial charge in [-0.3, -0.25) is 0 Å². The molecule has 0 aliphatic heterocycles. The molecule has 0 unspecified atom stereocenters. The zero-order valence-corrected chi connectivity index (χ0v) is 12.9. The molecule has 0 atom stereocenters. The molecule has 0 heterocycles. The van der Waals surface area contributed by atoms with Crippen LogP contribution in [0.1, 0.15) is 11.1 Å². The Morgan fingerprint density at radius 3 is 2.29 bits per heavy atom. The van der Waals surface area contributed by atoms with E-state index in [2.05, 4.69) is 15.9 Å². The maximum atomic E-state index is 12.9. The summed E-state index contributed by atoms with van der Waals surface area (Å²) in [4.78, 5) is 1.75. The fourth-order valence-corrected chi connectivity index (χ4v) is 2.25. The molecule has 0 saturated carbocycles. The molecule has 0 aliphatic rings. The minimum absolute atomic E-state index is 0.261. The summed E-state index contributed by atoms with van der Waals surface area (Å²) in [5, 5.41) is 0. The second-order valence-electron chi connectivity index (χ2n) is 4.75. The summed E-state index contributed by atoms with van der Waals surface area (Å²) in [6, 6.07) is 11.6. The molecule has 0 bridgehead atoms. The summed E-state index contributed by atoms with van der Waals surface area (Å²) in [5.74, 6) is 0. The first kappa shape index (κ1) is 15.7. The van der Waals surface area contributed by atoms with Crippen molar-refractivity contribution >= 4 is 27.3 Å². The smallest absolute Gasteiger partial charge is 0.398 e. The van der Waals surface area contributed by atoms with Crippen LogP contribution in [-0.2, 0) is 12.7 Å². The first-order valence-electron chi connectivity index (χ1n) is 6.19. The van der Waals surface area contributed by atoms with E-state index < -0.39 is 11.7 Å². The van der Waals surface area contributed by atoms with Crippen LogP contribution in [0.2, 0.25) is 0 Å². The topological polar surface area (TPSA) is 29.3 Å². The zero-order chi connectivity index (χ0) is 15.6. The fraction of sp³-hybridized carbons (Fsp3) is 0.200. The summed E-state index contributed by atoms with van der Waals surface area (Å²) in [6.45, 7) is 0.508. The number of rotatable bonds is 3. The highest BCUT2D eigenvalue weighted by molar-refractivity contribution is 9.10. The lowest BCUT2D eigenvalue weighted by molar-refractivity contribution is -0.136. The molecular formula is C15H14BrF3N2. The van der Waals surface area contributed by atoms with Gasteiger partial charge in [-0.25, -0.2) is 0 Å². The van der Waals surface area contributed by atoms with E-state index in [9.17, 15) is 13.2 Å². The standard InChI is InChI=1S/C15H14BrF3N2/c1-21(9-10-2-4-11(16)5-3-10)12-6-7-14(20)13(8-12)15(17,18)19/h2-8H,9,20H2,1H3. The minimum atomic E-state index is -4.45. The number of anilines is 2. The highest BCUT2D eigenvalue weighted by atomic mass is 79.9. The van der Waals surface area contributed by atoms with E-state index in [-0.39, 0.29) is 5.69 Å². The number of nitrogens with zero attached hydrogens (tertiary/aromatic N) is 1. The van der Waals surface area contributed by atoms with Gasteiger partial charge in [-0.1, -0.05) is 28.1 Å². The van der Waals surface area contributed by atoms with Gasteiger partial charge in [0.2, 0.25) is 0 Å². The largest absolute Gasteiger partial charge is 0.418 e. The average molecular weight is 359 g/mol. The Labute approximate surface area is 129 Å². The summed E-state index contributed by atoms with van der Waals surface area (Å²) in [6.07, 6.45) is -4.45. The summed E-state index contributed by atoms with van der Waals surface area (Å²) < 4.78 is 39.5. The van der Waals surface area contributed by atoms with Gasteiger partial charge in [-0.15, -0.1) is 0 Å². The van der Waals surface area contributed by atoms with E-state index in [0.29, 0.717) is 12.2 Å². The zero-order valence-electron chi connectivity index (χ0n) is 11.3. The quantitative estimate of drug-likeness (QED) is 0.806. The molecule has 112 valence electrons. The van der Waals surface area contributed by atoms with Crippen LogP contribution in [0.5, 0.6) is 0 Å². The van der Waals surface area contributed by atoms with Gasteiger partial charge < -0.3 is 10.6 Å².